The molecule has 8 heteroatoms. The van der Waals surface area contributed by atoms with Gasteiger partial charge >= 0.3 is 0 Å². The van der Waals surface area contributed by atoms with Gasteiger partial charge < -0.3 is 5.11 Å². The zero-order chi connectivity index (χ0) is 18.1. The van der Waals surface area contributed by atoms with E-state index in [1.165, 1.54) is 39.8 Å². The van der Waals surface area contributed by atoms with Crippen LogP contribution in [0.15, 0.2) is 24.3 Å². The van der Waals surface area contributed by atoms with E-state index in [-0.39, 0.29) is 0 Å². The van der Waals surface area contributed by atoms with Gasteiger partial charge in [0.05, 0.1) is 4.75 Å². The highest BCUT2D eigenvalue weighted by Crippen LogP contribution is 2.42. The molecule has 0 heterocycles. The van der Waals surface area contributed by atoms with Gasteiger partial charge in [0.2, 0.25) is 10.0 Å². The SMILES string of the molecule is CC[C@@](NS(=O)(=O)C(C)(C)C)(c1ccccc1F)C(F)(F)CO. The fraction of sp³-hybridized carbons (Fsp3) is 0.600. The molecule has 4 nitrogen and oxygen atoms in total. The Morgan fingerprint density at radius 2 is 1.70 bits per heavy atom. The molecule has 0 aliphatic heterocycles. The van der Waals surface area contributed by atoms with E-state index < -0.39 is 50.6 Å². The van der Waals surface area contributed by atoms with E-state index in [4.69, 9.17) is 5.11 Å². The Kier molecular flexibility index (Phi) is 5.55. The number of hydrogen-bond acceptors (Lipinski definition) is 3. The number of aliphatic hydroxyl groups is 1. The van der Waals surface area contributed by atoms with Crippen LogP contribution in [0.25, 0.3) is 0 Å². The summed E-state index contributed by atoms with van der Waals surface area (Å²) in [5, 5.41) is 9.11. The van der Waals surface area contributed by atoms with Gasteiger partial charge in [-0.2, -0.15) is 4.72 Å². The van der Waals surface area contributed by atoms with Crippen molar-refractivity contribution in [3.05, 3.63) is 35.6 Å². The van der Waals surface area contributed by atoms with Gasteiger partial charge in [0.15, 0.2) is 0 Å². The molecule has 132 valence electrons. The van der Waals surface area contributed by atoms with Gasteiger partial charge in [-0.25, -0.2) is 21.6 Å². The maximum absolute atomic E-state index is 14.5. The van der Waals surface area contributed by atoms with Crippen molar-refractivity contribution in [2.75, 3.05) is 6.61 Å². The van der Waals surface area contributed by atoms with Crippen molar-refractivity contribution in [1.29, 1.82) is 0 Å². The molecular formula is C15H22F3NO3S. The molecule has 1 aromatic carbocycles. The predicted octanol–water partition coefficient (Wildman–Crippen LogP) is 2.78. The van der Waals surface area contributed by atoms with Crippen molar-refractivity contribution in [3.8, 4) is 0 Å². The fourth-order valence-corrected chi connectivity index (χ4v) is 3.34. The van der Waals surface area contributed by atoms with E-state index in [0.717, 1.165) is 12.1 Å². The average Bonchev–Trinajstić information content (AvgIpc) is 2.44. The first-order chi connectivity index (χ1) is 10.3. The van der Waals surface area contributed by atoms with Crippen LogP contribution in [0.1, 0.15) is 39.7 Å². The van der Waals surface area contributed by atoms with Crippen LogP contribution in [0.2, 0.25) is 0 Å². The van der Waals surface area contributed by atoms with Crippen molar-refractivity contribution in [2.24, 2.45) is 0 Å². The molecular weight excluding hydrogens is 331 g/mol. The van der Waals surface area contributed by atoms with Crippen molar-refractivity contribution in [1.82, 2.24) is 4.72 Å². The van der Waals surface area contributed by atoms with Crippen molar-refractivity contribution >= 4 is 10.0 Å². The standard InChI is InChI=1S/C15H22F3NO3S/c1-5-14(15(17,18)10-20,11-8-6-7-9-12(11)16)19-23(21,22)13(2,3)4/h6-9,19-20H,5,10H2,1-4H3/t14-/m1/s1. The Morgan fingerprint density at radius 1 is 1.17 bits per heavy atom. The third-order valence-electron chi connectivity index (χ3n) is 3.80. The number of alkyl halides is 2. The number of rotatable bonds is 6. The maximum Gasteiger partial charge on any atom is 0.293 e. The third kappa shape index (κ3) is 3.54. The van der Waals surface area contributed by atoms with Crippen LogP contribution in [-0.4, -0.2) is 30.8 Å². The monoisotopic (exact) mass is 353 g/mol. The summed E-state index contributed by atoms with van der Waals surface area (Å²) in [5.74, 6) is -4.87. The minimum atomic E-state index is -4.23. The summed E-state index contributed by atoms with van der Waals surface area (Å²) in [6.07, 6.45) is -0.448. The summed E-state index contributed by atoms with van der Waals surface area (Å²) < 4.78 is 68.6. The number of aliphatic hydroxyl groups excluding tert-OH is 1. The fourth-order valence-electron chi connectivity index (χ4n) is 2.17. The van der Waals surface area contributed by atoms with Crippen LogP contribution in [0.4, 0.5) is 13.2 Å². The first kappa shape index (κ1) is 19.9. The molecule has 0 radical (unpaired) electrons. The van der Waals surface area contributed by atoms with Gasteiger partial charge in [0, 0.05) is 5.56 Å². The summed E-state index contributed by atoms with van der Waals surface area (Å²) in [6, 6.07) is 4.71. The predicted molar refractivity (Wildman–Crippen MR) is 82.2 cm³/mol. The van der Waals surface area contributed by atoms with E-state index in [9.17, 15) is 21.6 Å². The van der Waals surface area contributed by atoms with Gasteiger partial charge in [-0.05, 0) is 33.3 Å². The van der Waals surface area contributed by atoms with Gasteiger partial charge in [-0.3, -0.25) is 0 Å². The molecule has 0 saturated heterocycles. The number of nitrogens with one attached hydrogen (secondary N) is 1. The van der Waals surface area contributed by atoms with E-state index in [2.05, 4.69) is 0 Å². The lowest BCUT2D eigenvalue weighted by Crippen LogP contribution is -2.61. The zero-order valence-electron chi connectivity index (χ0n) is 13.5. The van der Waals surface area contributed by atoms with Crippen LogP contribution < -0.4 is 4.72 Å². The second-order valence-corrected chi connectivity index (χ2v) is 8.75. The smallest absolute Gasteiger partial charge is 0.293 e. The molecule has 0 saturated carbocycles. The molecule has 1 rings (SSSR count). The van der Waals surface area contributed by atoms with Crippen molar-refractivity contribution < 1.29 is 26.7 Å². The Hall–Kier alpha value is -1.12. The van der Waals surface area contributed by atoms with Crippen molar-refractivity contribution in [2.45, 2.75) is 50.3 Å². The van der Waals surface area contributed by atoms with Gasteiger partial charge in [-0.15, -0.1) is 0 Å². The lowest BCUT2D eigenvalue weighted by molar-refractivity contribution is -0.123. The highest BCUT2D eigenvalue weighted by molar-refractivity contribution is 7.90. The Morgan fingerprint density at radius 3 is 2.09 bits per heavy atom. The van der Waals surface area contributed by atoms with Crippen LogP contribution >= 0.6 is 0 Å². The summed E-state index contributed by atoms with van der Waals surface area (Å²) >= 11 is 0. The van der Waals surface area contributed by atoms with Gasteiger partial charge in [0.1, 0.15) is 18.0 Å². The normalized spacial score (nSPS) is 16.2. The lowest BCUT2D eigenvalue weighted by atomic mass is 9.82. The summed E-state index contributed by atoms with van der Waals surface area (Å²) in [6.45, 7) is 3.71. The summed E-state index contributed by atoms with van der Waals surface area (Å²) in [5.41, 5.74) is -3.09. The molecule has 1 atom stereocenters. The average molecular weight is 353 g/mol. The minimum absolute atomic E-state index is 0.448. The second kappa shape index (κ2) is 6.41. The largest absolute Gasteiger partial charge is 0.390 e. The number of halogens is 3. The molecule has 0 amide bonds. The Labute approximate surface area is 134 Å². The van der Waals surface area contributed by atoms with Crippen molar-refractivity contribution in [3.63, 3.8) is 0 Å². The minimum Gasteiger partial charge on any atom is -0.390 e. The summed E-state index contributed by atoms with van der Waals surface area (Å²) in [4.78, 5) is 0. The molecule has 0 aromatic heterocycles. The highest BCUT2D eigenvalue weighted by Gasteiger charge is 2.57. The first-order valence-corrected chi connectivity index (χ1v) is 8.60. The molecule has 0 fully saturated rings. The third-order valence-corrected chi connectivity index (χ3v) is 6.03. The topological polar surface area (TPSA) is 66.4 Å². The molecule has 23 heavy (non-hydrogen) atoms. The molecule has 0 aliphatic rings. The van der Waals surface area contributed by atoms with Crippen LogP contribution in [0.3, 0.4) is 0 Å². The van der Waals surface area contributed by atoms with E-state index in [0.29, 0.717) is 0 Å². The van der Waals surface area contributed by atoms with Crippen LogP contribution in [0.5, 0.6) is 0 Å². The number of hydrogen-bond donors (Lipinski definition) is 2. The van der Waals surface area contributed by atoms with Crippen LogP contribution in [-0.2, 0) is 15.6 Å². The Bertz CT molecular complexity index is 656. The van der Waals surface area contributed by atoms with Gasteiger partial charge in [0.25, 0.3) is 5.92 Å². The summed E-state index contributed by atoms with van der Waals surface area (Å²) in [7, 11) is -4.23. The quantitative estimate of drug-likeness (QED) is 0.826. The van der Waals surface area contributed by atoms with Gasteiger partial charge in [-0.1, -0.05) is 25.1 Å². The molecule has 0 bridgehead atoms. The van der Waals surface area contributed by atoms with E-state index in [1.807, 2.05) is 4.72 Å². The number of benzene rings is 1. The second-order valence-electron chi connectivity index (χ2n) is 6.32. The maximum atomic E-state index is 14.5. The first-order valence-electron chi connectivity index (χ1n) is 7.12. The molecule has 0 spiro atoms. The molecule has 1 aromatic rings. The molecule has 2 N–H and O–H groups in total. The number of sulfonamides is 1. The van der Waals surface area contributed by atoms with Crippen LogP contribution in [0, 0.1) is 5.82 Å². The van der Waals surface area contributed by atoms with E-state index >= 15 is 0 Å². The zero-order valence-corrected chi connectivity index (χ0v) is 14.3. The van der Waals surface area contributed by atoms with E-state index in [1.54, 1.807) is 0 Å². The molecule has 0 unspecified atom stereocenters. The highest BCUT2D eigenvalue weighted by atomic mass is 32.2. The molecule has 0 aliphatic carbocycles. The Balaban J connectivity index is 3.67. The lowest BCUT2D eigenvalue weighted by Gasteiger charge is -2.41.